The van der Waals surface area contributed by atoms with Crippen LogP contribution in [0.5, 0.6) is 0 Å². The average Bonchev–Trinajstić information content (AvgIpc) is 3.13. The smallest absolute Gasteiger partial charge is 0.223 e. The Morgan fingerprint density at radius 2 is 1.90 bits per heavy atom. The summed E-state index contributed by atoms with van der Waals surface area (Å²) >= 11 is 12.2. The van der Waals surface area contributed by atoms with Gasteiger partial charge in [-0.15, -0.1) is 0 Å². The van der Waals surface area contributed by atoms with E-state index in [1.54, 1.807) is 24.4 Å². The quantitative estimate of drug-likeness (QED) is 0.625. The van der Waals surface area contributed by atoms with Gasteiger partial charge in [0.25, 0.3) is 0 Å². The first kappa shape index (κ1) is 22.1. The number of carbonyl (C=O) groups excluding carboxylic acids is 1. The molecule has 0 unspecified atom stereocenters. The summed E-state index contributed by atoms with van der Waals surface area (Å²) in [5.41, 5.74) is 1.09. The van der Waals surface area contributed by atoms with Crippen LogP contribution in [0.3, 0.4) is 0 Å². The molecule has 7 heteroatoms. The average molecular weight is 438 g/mol. The number of carbonyl (C=O) groups is 1. The van der Waals surface area contributed by atoms with E-state index in [1.807, 2.05) is 4.90 Å². The number of halogens is 2. The molecule has 2 heterocycles. The molecule has 158 valence electrons. The van der Waals surface area contributed by atoms with Crippen LogP contribution in [-0.2, 0) is 11.2 Å². The van der Waals surface area contributed by atoms with Gasteiger partial charge in [-0.25, -0.2) is 4.98 Å². The number of hydrogen-bond donors (Lipinski definition) is 0. The zero-order chi connectivity index (χ0) is 21.0. The van der Waals surface area contributed by atoms with Crippen molar-refractivity contribution in [2.75, 3.05) is 32.7 Å². The minimum atomic E-state index is 0.157. The molecule has 0 aliphatic carbocycles. The van der Waals surface area contributed by atoms with Gasteiger partial charge in [-0.3, -0.25) is 9.69 Å². The lowest BCUT2D eigenvalue weighted by atomic mass is 9.92. The fourth-order valence-corrected chi connectivity index (χ4v) is 3.83. The Morgan fingerprint density at radius 1 is 1.17 bits per heavy atom. The predicted molar refractivity (Wildman–Crippen MR) is 117 cm³/mol. The van der Waals surface area contributed by atoms with Gasteiger partial charge in [-0.2, -0.15) is 0 Å². The van der Waals surface area contributed by atoms with Crippen molar-refractivity contribution >= 4 is 29.1 Å². The molecule has 1 aromatic carbocycles. The first-order valence-corrected chi connectivity index (χ1v) is 10.9. The molecule has 1 saturated heterocycles. The molecule has 5 nitrogen and oxygen atoms in total. The van der Waals surface area contributed by atoms with Crippen LogP contribution in [0, 0.1) is 5.41 Å². The van der Waals surface area contributed by atoms with E-state index in [9.17, 15) is 4.79 Å². The molecule has 1 aliphatic rings. The lowest BCUT2D eigenvalue weighted by Gasteiger charge is -2.36. The molecule has 2 aromatic rings. The van der Waals surface area contributed by atoms with Crippen molar-refractivity contribution in [3.05, 3.63) is 40.3 Å². The second kappa shape index (κ2) is 9.50. The number of nitrogens with zero attached hydrogens (tertiary/aromatic N) is 3. The van der Waals surface area contributed by atoms with E-state index in [0.29, 0.717) is 40.0 Å². The van der Waals surface area contributed by atoms with Crippen LogP contribution >= 0.6 is 23.2 Å². The Hall–Kier alpha value is -1.56. The largest absolute Gasteiger partial charge is 0.441 e. The number of rotatable bonds is 6. The highest BCUT2D eigenvalue weighted by molar-refractivity contribution is 6.36. The lowest BCUT2D eigenvalue weighted by Crippen LogP contribution is -2.49. The van der Waals surface area contributed by atoms with E-state index in [2.05, 4.69) is 30.7 Å². The molecule has 1 fully saturated rings. The summed E-state index contributed by atoms with van der Waals surface area (Å²) in [6, 6.07) is 5.24. The van der Waals surface area contributed by atoms with Gasteiger partial charge in [-0.1, -0.05) is 44.0 Å². The molecule has 0 atom stereocenters. The molecule has 1 aliphatic heterocycles. The minimum Gasteiger partial charge on any atom is -0.441 e. The number of benzene rings is 1. The Kier molecular flexibility index (Phi) is 7.25. The molecule has 29 heavy (non-hydrogen) atoms. The third-order valence-corrected chi connectivity index (χ3v) is 5.75. The van der Waals surface area contributed by atoms with Crippen molar-refractivity contribution < 1.29 is 9.21 Å². The molecule has 1 amide bonds. The van der Waals surface area contributed by atoms with E-state index >= 15 is 0 Å². The fraction of sp³-hybridized carbons (Fsp3) is 0.545. The third-order valence-electron chi connectivity index (χ3n) is 5.21. The Bertz CT molecular complexity index is 837. The number of aryl methyl sites for hydroxylation is 1. The van der Waals surface area contributed by atoms with E-state index in [0.717, 1.165) is 38.3 Å². The van der Waals surface area contributed by atoms with Crippen molar-refractivity contribution in [1.82, 2.24) is 14.8 Å². The van der Waals surface area contributed by atoms with Gasteiger partial charge >= 0.3 is 0 Å². The van der Waals surface area contributed by atoms with Gasteiger partial charge in [0.15, 0.2) is 11.7 Å². The normalized spacial score (nSPS) is 15.7. The molecule has 0 bridgehead atoms. The SMILES string of the molecule is CC(C)(C)CCN1CCN(C(=O)CCc2ncc(-c3ccc(Cl)cc3Cl)o2)CC1. The first-order valence-electron chi connectivity index (χ1n) is 10.1. The van der Waals surface area contributed by atoms with Gasteiger partial charge in [0.2, 0.25) is 5.91 Å². The lowest BCUT2D eigenvalue weighted by molar-refractivity contribution is -0.133. The number of hydrogen-bond acceptors (Lipinski definition) is 4. The summed E-state index contributed by atoms with van der Waals surface area (Å²) in [4.78, 5) is 21.3. The van der Waals surface area contributed by atoms with Crippen LogP contribution in [0.25, 0.3) is 11.3 Å². The number of amides is 1. The van der Waals surface area contributed by atoms with Crippen LogP contribution in [0.15, 0.2) is 28.8 Å². The maximum absolute atomic E-state index is 12.6. The highest BCUT2D eigenvalue weighted by Gasteiger charge is 2.22. The summed E-state index contributed by atoms with van der Waals surface area (Å²) in [6.45, 7) is 11.4. The van der Waals surface area contributed by atoms with E-state index in [-0.39, 0.29) is 5.91 Å². The summed E-state index contributed by atoms with van der Waals surface area (Å²) < 4.78 is 5.79. The summed E-state index contributed by atoms with van der Waals surface area (Å²) in [6.07, 6.45) is 3.69. The number of piperazine rings is 1. The molecule has 0 saturated carbocycles. The topological polar surface area (TPSA) is 49.6 Å². The van der Waals surface area contributed by atoms with E-state index in [1.165, 1.54) is 6.42 Å². The monoisotopic (exact) mass is 437 g/mol. The van der Waals surface area contributed by atoms with E-state index in [4.69, 9.17) is 27.6 Å². The van der Waals surface area contributed by atoms with Crippen LogP contribution in [0.4, 0.5) is 0 Å². The highest BCUT2D eigenvalue weighted by atomic mass is 35.5. The predicted octanol–water partition coefficient (Wildman–Crippen LogP) is 5.16. The Labute approximate surface area is 183 Å². The molecule has 3 rings (SSSR count). The summed E-state index contributed by atoms with van der Waals surface area (Å²) in [5.74, 6) is 1.29. The summed E-state index contributed by atoms with van der Waals surface area (Å²) in [7, 11) is 0. The zero-order valence-corrected chi connectivity index (χ0v) is 18.9. The molecule has 1 aromatic heterocycles. The van der Waals surface area contributed by atoms with Crippen molar-refractivity contribution in [3.63, 3.8) is 0 Å². The second-order valence-electron chi connectivity index (χ2n) is 8.78. The van der Waals surface area contributed by atoms with Crippen molar-refractivity contribution in [1.29, 1.82) is 0 Å². The van der Waals surface area contributed by atoms with Gasteiger partial charge in [0, 0.05) is 49.6 Å². The molecule has 0 radical (unpaired) electrons. The Balaban J connectivity index is 1.46. The molecule has 0 N–H and O–H groups in total. The first-order chi connectivity index (χ1) is 13.7. The van der Waals surface area contributed by atoms with Gasteiger partial charge in [0.05, 0.1) is 11.2 Å². The standard InChI is InChI=1S/C22H29Cl2N3O2/c1-22(2,3)8-9-26-10-12-27(13-11-26)21(28)7-6-20-25-15-19(29-20)17-5-4-16(23)14-18(17)24/h4-5,14-15H,6-13H2,1-3H3. The Morgan fingerprint density at radius 3 is 2.55 bits per heavy atom. The third kappa shape index (κ3) is 6.46. The number of aromatic nitrogens is 1. The minimum absolute atomic E-state index is 0.157. The van der Waals surface area contributed by atoms with Crippen LogP contribution in [-0.4, -0.2) is 53.4 Å². The number of oxazole rings is 1. The molecular formula is C22H29Cl2N3O2. The van der Waals surface area contributed by atoms with Crippen molar-refractivity contribution in [2.24, 2.45) is 5.41 Å². The van der Waals surface area contributed by atoms with Crippen LogP contribution in [0.2, 0.25) is 10.0 Å². The maximum atomic E-state index is 12.6. The van der Waals surface area contributed by atoms with Gasteiger partial charge < -0.3 is 9.32 Å². The van der Waals surface area contributed by atoms with Gasteiger partial charge in [0.1, 0.15) is 0 Å². The van der Waals surface area contributed by atoms with Crippen LogP contribution in [0.1, 0.15) is 39.5 Å². The van der Waals surface area contributed by atoms with E-state index < -0.39 is 0 Å². The highest BCUT2D eigenvalue weighted by Crippen LogP contribution is 2.31. The maximum Gasteiger partial charge on any atom is 0.223 e. The fourth-order valence-electron chi connectivity index (χ4n) is 3.33. The summed E-state index contributed by atoms with van der Waals surface area (Å²) in [5, 5.41) is 1.09. The van der Waals surface area contributed by atoms with Crippen molar-refractivity contribution in [3.8, 4) is 11.3 Å². The van der Waals surface area contributed by atoms with Gasteiger partial charge in [-0.05, 0) is 36.6 Å². The zero-order valence-electron chi connectivity index (χ0n) is 17.4. The molecule has 0 spiro atoms. The van der Waals surface area contributed by atoms with Crippen LogP contribution < -0.4 is 0 Å². The molecular weight excluding hydrogens is 409 g/mol. The van der Waals surface area contributed by atoms with Crippen molar-refractivity contribution in [2.45, 2.75) is 40.0 Å². The second-order valence-corrected chi connectivity index (χ2v) is 9.62.